The van der Waals surface area contributed by atoms with E-state index in [1.165, 1.54) is 0 Å². The number of anilines is 1. The molecular formula is C11H13N5S. The van der Waals surface area contributed by atoms with Crippen molar-refractivity contribution in [3.63, 3.8) is 0 Å². The van der Waals surface area contributed by atoms with Crippen LogP contribution in [0.5, 0.6) is 0 Å². The number of hydrogen-bond acceptors (Lipinski definition) is 2. The number of hydrogen-bond donors (Lipinski definition) is 2. The van der Waals surface area contributed by atoms with Crippen LogP contribution in [0.15, 0.2) is 35.5 Å². The molecule has 0 aromatic heterocycles. The molecule has 0 aliphatic heterocycles. The van der Waals surface area contributed by atoms with Crippen LogP contribution in [0.4, 0.5) is 5.69 Å². The number of nitrogens with one attached hydrogen (secondary N) is 1. The lowest BCUT2D eigenvalue weighted by atomic mass is 10.2. The second-order valence-corrected chi connectivity index (χ2v) is 3.70. The largest absolute Gasteiger partial charge is 0.376 e. The molecule has 0 amide bonds. The molecule has 1 aromatic carbocycles. The predicted octanol–water partition coefficient (Wildman–Crippen LogP) is 3.06. The molecule has 0 heterocycles. The third kappa shape index (κ3) is 5.55. The first-order chi connectivity index (χ1) is 8.22. The van der Waals surface area contributed by atoms with E-state index in [1.807, 2.05) is 36.4 Å². The minimum absolute atomic E-state index is 0.252. The molecule has 0 spiro atoms. The second-order valence-electron chi connectivity index (χ2n) is 3.26. The summed E-state index contributed by atoms with van der Waals surface area (Å²) in [7, 11) is 0. The topological polar surface area (TPSA) is 86.8 Å². The predicted molar refractivity (Wildman–Crippen MR) is 74.5 cm³/mol. The third-order valence-corrected chi connectivity index (χ3v) is 2.05. The van der Waals surface area contributed by atoms with Crippen molar-refractivity contribution in [3.8, 4) is 0 Å². The summed E-state index contributed by atoms with van der Waals surface area (Å²) < 4.78 is 0. The van der Waals surface area contributed by atoms with Crippen molar-refractivity contribution >= 4 is 29.1 Å². The molecule has 0 radical (unpaired) electrons. The Kier molecular flexibility index (Phi) is 5.57. The first-order valence-corrected chi connectivity index (χ1v) is 5.47. The quantitative estimate of drug-likeness (QED) is 0.275. The van der Waals surface area contributed by atoms with Gasteiger partial charge in [0.1, 0.15) is 0 Å². The van der Waals surface area contributed by atoms with Gasteiger partial charge in [0.25, 0.3) is 0 Å². The molecule has 0 saturated carbocycles. The maximum absolute atomic E-state index is 8.09. The van der Waals surface area contributed by atoms with Crippen LogP contribution in [0.25, 0.3) is 16.5 Å². The van der Waals surface area contributed by atoms with Crippen LogP contribution in [-0.4, -0.2) is 11.7 Å². The molecule has 5 nitrogen and oxygen atoms in total. The third-order valence-electron chi connectivity index (χ3n) is 1.95. The van der Waals surface area contributed by atoms with Gasteiger partial charge in [0.2, 0.25) is 0 Å². The normalized spacial score (nSPS) is 9.88. The van der Waals surface area contributed by atoms with E-state index in [0.29, 0.717) is 6.54 Å². The molecule has 6 heteroatoms. The summed E-state index contributed by atoms with van der Waals surface area (Å²) in [5.74, 6) is 0. The highest BCUT2D eigenvalue weighted by Gasteiger charge is 1.92. The van der Waals surface area contributed by atoms with E-state index in [0.717, 1.165) is 17.7 Å². The van der Waals surface area contributed by atoms with Crippen molar-refractivity contribution in [3.05, 3.63) is 46.3 Å². The van der Waals surface area contributed by atoms with Crippen LogP contribution in [-0.2, 0) is 0 Å². The van der Waals surface area contributed by atoms with Crippen molar-refractivity contribution in [2.24, 2.45) is 10.8 Å². The molecule has 0 atom stereocenters. The molecule has 0 saturated heterocycles. The Morgan fingerprint density at radius 1 is 1.47 bits per heavy atom. The van der Waals surface area contributed by atoms with Crippen LogP contribution < -0.4 is 11.1 Å². The van der Waals surface area contributed by atoms with Crippen molar-refractivity contribution < 1.29 is 0 Å². The van der Waals surface area contributed by atoms with Gasteiger partial charge in [0.05, 0.1) is 0 Å². The van der Waals surface area contributed by atoms with Crippen LogP contribution in [0.2, 0.25) is 0 Å². The molecule has 17 heavy (non-hydrogen) atoms. The summed E-state index contributed by atoms with van der Waals surface area (Å²) in [5.41, 5.74) is 15.4. The van der Waals surface area contributed by atoms with Crippen molar-refractivity contribution in [1.82, 2.24) is 0 Å². The maximum atomic E-state index is 8.09. The smallest absolute Gasteiger partial charge is 0.168 e. The number of rotatable bonds is 5. The summed E-state index contributed by atoms with van der Waals surface area (Å²) >= 11 is 4.73. The van der Waals surface area contributed by atoms with E-state index in [9.17, 15) is 0 Å². The molecule has 0 bridgehead atoms. The van der Waals surface area contributed by atoms with Crippen molar-refractivity contribution in [2.45, 2.75) is 6.42 Å². The van der Waals surface area contributed by atoms with Gasteiger partial charge in [0, 0.05) is 17.1 Å². The first-order valence-electron chi connectivity index (χ1n) is 5.06. The number of azide groups is 1. The number of nitrogens with zero attached hydrogens (tertiary/aromatic N) is 3. The van der Waals surface area contributed by atoms with Gasteiger partial charge in [-0.05, 0) is 41.9 Å². The summed E-state index contributed by atoms with van der Waals surface area (Å²) in [5, 5.41) is 6.54. The fraction of sp³-hybridized carbons (Fsp3) is 0.182. The zero-order valence-corrected chi connectivity index (χ0v) is 10.0. The van der Waals surface area contributed by atoms with Gasteiger partial charge in [-0.25, -0.2) is 0 Å². The van der Waals surface area contributed by atoms with E-state index in [2.05, 4.69) is 15.3 Å². The van der Waals surface area contributed by atoms with Gasteiger partial charge in [-0.15, -0.1) is 0 Å². The zero-order chi connectivity index (χ0) is 12.5. The Morgan fingerprint density at radius 2 is 2.18 bits per heavy atom. The number of benzene rings is 1. The van der Waals surface area contributed by atoms with Crippen molar-refractivity contribution in [1.29, 1.82) is 0 Å². The summed E-state index contributed by atoms with van der Waals surface area (Å²) in [6.07, 6.45) is 4.67. The van der Waals surface area contributed by atoms with Gasteiger partial charge in [-0.3, -0.25) is 0 Å². The summed E-state index contributed by atoms with van der Waals surface area (Å²) in [6.45, 7) is 0.480. The van der Waals surface area contributed by atoms with E-state index >= 15 is 0 Å². The Balaban J connectivity index is 2.50. The SMILES string of the molecule is [N-]=[N+]=NCCC=Cc1ccc(NC(N)=S)cc1. The van der Waals surface area contributed by atoms with Gasteiger partial charge in [0.15, 0.2) is 5.11 Å². The average molecular weight is 247 g/mol. The number of nitrogens with two attached hydrogens (primary N) is 1. The molecule has 3 N–H and O–H groups in total. The highest BCUT2D eigenvalue weighted by Crippen LogP contribution is 2.10. The van der Waals surface area contributed by atoms with Gasteiger partial charge < -0.3 is 11.1 Å². The summed E-state index contributed by atoms with van der Waals surface area (Å²) in [4.78, 5) is 2.68. The Bertz CT molecular complexity index is 445. The molecule has 0 aliphatic carbocycles. The lowest BCUT2D eigenvalue weighted by Crippen LogP contribution is -2.18. The van der Waals surface area contributed by atoms with Crippen LogP contribution >= 0.6 is 12.2 Å². The average Bonchev–Trinajstić information content (AvgIpc) is 2.30. The first kappa shape index (κ1) is 13.0. The van der Waals surface area contributed by atoms with Crippen LogP contribution in [0, 0.1) is 0 Å². The number of thiocarbonyl (C=S) groups is 1. The van der Waals surface area contributed by atoms with Gasteiger partial charge >= 0.3 is 0 Å². The fourth-order valence-electron chi connectivity index (χ4n) is 1.22. The van der Waals surface area contributed by atoms with Crippen LogP contribution in [0.3, 0.4) is 0 Å². The highest BCUT2D eigenvalue weighted by atomic mass is 32.1. The monoisotopic (exact) mass is 247 g/mol. The zero-order valence-electron chi connectivity index (χ0n) is 9.21. The minimum Gasteiger partial charge on any atom is -0.376 e. The van der Waals surface area contributed by atoms with Crippen LogP contribution in [0.1, 0.15) is 12.0 Å². The second kappa shape index (κ2) is 7.27. The van der Waals surface area contributed by atoms with Gasteiger partial charge in [-0.1, -0.05) is 29.4 Å². The summed E-state index contributed by atoms with van der Waals surface area (Å²) in [6, 6.07) is 7.69. The van der Waals surface area contributed by atoms with E-state index in [-0.39, 0.29) is 5.11 Å². The Labute approximate surface area is 105 Å². The molecule has 1 rings (SSSR count). The lowest BCUT2D eigenvalue weighted by molar-refractivity contribution is 0.996. The molecule has 88 valence electrons. The molecule has 0 fully saturated rings. The highest BCUT2D eigenvalue weighted by molar-refractivity contribution is 7.80. The maximum Gasteiger partial charge on any atom is 0.168 e. The molecule has 1 aromatic rings. The Hall–Kier alpha value is -2.04. The molecular weight excluding hydrogens is 234 g/mol. The fourth-order valence-corrected chi connectivity index (χ4v) is 1.33. The molecule has 0 unspecified atom stereocenters. The molecule has 0 aliphatic rings. The van der Waals surface area contributed by atoms with E-state index < -0.39 is 0 Å². The van der Waals surface area contributed by atoms with E-state index in [1.54, 1.807) is 0 Å². The van der Waals surface area contributed by atoms with Crippen molar-refractivity contribution in [2.75, 3.05) is 11.9 Å². The van der Waals surface area contributed by atoms with E-state index in [4.69, 9.17) is 23.5 Å². The lowest BCUT2D eigenvalue weighted by Gasteiger charge is -2.03. The van der Waals surface area contributed by atoms with Gasteiger partial charge in [-0.2, -0.15) is 0 Å². The minimum atomic E-state index is 0.252. The Morgan fingerprint density at radius 3 is 2.76 bits per heavy atom. The standard InChI is InChI=1S/C11H13N5S/c12-11(17)15-10-6-4-9(5-7-10)3-1-2-8-14-16-13/h1,3-7H,2,8H2,(H3,12,15,17).